The van der Waals surface area contributed by atoms with Gasteiger partial charge in [0.1, 0.15) is 5.78 Å². The van der Waals surface area contributed by atoms with Crippen LogP contribution < -0.4 is 5.32 Å². The number of nitrogens with zero attached hydrogens (tertiary/aromatic N) is 2. The molecule has 1 amide bonds. The van der Waals surface area contributed by atoms with Crippen LogP contribution in [0.4, 0.5) is 0 Å². The van der Waals surface area contributed by atoms with E-state index in [1.54, 1.807) is 24.5 Å². The van der Waals surface area contributed by atoms with Gasteiger partial charge in [0.2, 0.25) is 0 Å². The molecule has 172 valence electrons. The minimum Gasteiger partial charge on any atom is -0.349 e. The Bertz CT molecular complexity index is 1360. The van der Waals surface area contributed by atoms with Crippen molar-refractivity contribution in [2.75, 3.05) is 0 Å². The van der Waals surface area contributed by atoms with Gasteiger partial charge in [-0.15, -0.1) is 11.3 Å². The number of thiophene rings is 1. The first-order valence-corrected chi connectivity index (χ1v) is 12.7. The van der Waals surface area contributed by atoms with Gasteiger partial charge in [0.25, 0.3) is 5.91 Å². The van der Waals surface area contributed by atoms with Crippen LogP contribution in [-0.4, -0.2) is 27.3 Å². The van der Waals surface area contributed by atoms with Crippen molar-refractivity contribution in [1.82, 2.24) is 14.9 Å². The molecular weight excluding hydrogens is 442 g/mol. The van der Waals surface area contributed by atoms with Gasteiger partial charge in [0.05, 0.1) is 15.8 Å². The summed E-state index contributed by atoms with van der Waals surface area (Å²) in [4.78, 5) is 28.9. The van der Waals surface area contributed by atoms with Crippen LogP contribution >= 0.6 is 11.3 Å². The minimum atomic E-state index is 0.0143. The molecule has 0 aliphatic heterocycles. The standard InChI is InChI=1S/C28H27N3O2S/c1-18(32)22-11-28(12-22)13-23(14-28)30-27(33)24-17-34-25-8-10-31(26(24)25)16-19-4-6-20(7-5-19)21-3-2-9-29-15-21/h2-10,15,17,22-23H,11-14,16H2,1H3,(H,30,33). The predicted molar refractivity (Wildman–Crippen MR) is 135 cm³/mol. The Balaban J connectivity index is 1.14. The lowest BCUT2D eigenvalue weighted by atomic mass is 9.49. The number of Topliss-reactive ketones (excluding diaryl/α,β-unsaturated/α-hetero) is 1. The Hall–Kier alpha value is -3.25. The van der Waals surface area contributed by atoms with Gasteiger partial charge in [-0.2, -0.15) is 0 Å². The van der Waals surface area contributed by atoms with E-state index in [-0.39, 0.29) is 17.9 Å². The number of hydrogen-bond acceptors (Lipinski definition) is 4. The number of fused-ring (bicyclic) bond motifs is 1. The summed E-state index contributed by atoms with van der Waals surface area (Å²) in [7, 11) is 0. The van der Waals surface area contributed by atoms with Gasteiger partial charge >= 0.3 is 0 Å². The smallest absolute Gasteiger partial charge is 0.254 e. The summed E-state index contributed by atoms with van der Waals surface area (Å²) in [6, 6.07) is 14.8. The average molecular weight is 470 g/mol. The molecule has 3 aromatic heterocycles. The summed E-state index contributed by atoms with van der Waals surface area (Å²) in [5.41, 5.74) is 5.51. The second kappa shape index (κ2) is 8.20. The first-order chi connectivity index (χ1) is 16.5. The van der Waals surface area contributed by atoms with Crippen molar-refractivity contribution >= 4 is 33.2 Å². The van der Waals surface area contributed by atoms with Crippen LogP contribution in [0.15, 0.2) is 66.4 Å². The fourth-order valence-corrected chi connectivity index (χ4v) is 6.74. The van der Waals surface area contributed by atoms with Crippen molar-refractivity contribution < 1.29 is 9.59 Å². The van der Waals surface area contributed by atoms with Gasteiger partial charge in [0.15, 0.2) is 0 Å². The van der Waals surface area contributed by atoms with Crippen molar-refractivity contribution in [1.29, 1.82) is 0 Å². The number of aromatic nitrogens is 2. The second-order valence-corrected chi connectivity index (χ2v) is 11.0. The summed E-state index contributed by atoms with van der Waals surface area (Å²) >= 11 is 1.62. The van der Waals surface area contributed by atoms with Gasteiger partial charge in [-0.05, 0) is 66.8 Å². The lowest BCUT2D eigenvalue weighted by Gasteiger charge is -2.57. The van der Waals surface area contributed by atoms with Crippen LogP contribution in [0, 0.1) is 11.3 Å². The molecule has 0 bridgehead atoms. The zero-order chi connectivity index (χ0) is 23.3. The molecule has 1 spiro atoms. The molecule has 2 aliphatic carbocycles. The molecule has 3 heterocycles. The number of carbonyl (C=O) groups excluding carboxylic acids is 2. The largest absolute Gasteiger partial charge is 0.349 e. The molecule has 2 fully saturated rings. The number of benzene rings is 1. The quantitative estimate of drug-likeness (QED) is 0.394. The number of pyridine rings is 1. The first kappa shape index (κ1) is 21.3. The van der Waals surface area contributed by atoms with Gasteiger partial charge in [-0.3, -0.25) is 14.6 Å². The van der Waals surface area contributed by atoms with Crippen molar-refractivity contribution in [2.24, 2.45) is 11.3 Å². The molecule has 1 aromatic carbocycles. The van der Waals surface area contributed by atoms with E-state index >= 15 is 0 Å². The number of nitrogens with one attached hydrogen (secondary N) is 1. The van der Waals surface area contributed by atoms with E-state index in [4.69, 9.17) is 0 Å². The molecule has 6 rings (SSSR count). The Morgan fingerprint density at radius 1 is 1.09 bits per heavy atom. The van der Waals surface area contributed by atoms with E-state index in [1.807, 2.05) is 17.6 Å². The van der Waals surface area contributed by atoms with Gasteiger partial charge in [-0.25, -0.2) is 0 Å². The molecule has 6 heteroatoms. The summed E-state index contributed by atoms with van der Waals surface area (Å²) in [5, 5.41) is 5.23. The summed E-state index contributed by atoms with van der Waals surface area (Å²) in [6.45, 7) is 2.41. The maximum atomic E-state index is 13.1. The maximum Gasteiger partial charge on any atom is 0.254 e. The van der Waals surface area contributed by atoms with Crippen molar-refractivity contribution in [3.8, 4) is 11.1 Å². The second-order valence-electron chi connectivity index (χ2n) is 10.0. The lowest BCUT2D eigenvalue weighted by Crippen LogP contribution is -2.57. The fourth-order valence-electron chi connectivity index (χ4n) is 5.80. The summed E-state index contributed by atoms with van der Waals surface area (Å²) in [5.74, 6) is 0.571. The lowest BCUT2D eigenvalue weighted by molar-refractivity contribution is -0.134. The molecule has 1 N–H and O–H groups in total. The topological polar surface area (TPSA) is 64.0 Å². The summed E-state index contributed by atoms with van der Waals surface area (Å²) < 4.78 is 3.30. The Morgan fingerprint density at radius 3 is 2.59 bits per heavy atom. The van der Waals surface area contributed by atoms with E-state index < -0.39 is 0 Å². The molecule has 2 saturated carbocycles. The van der Waals surface area contributed by atoms with Crippen LogP contribution in [0.3, 0.4) is 0 Å². The van der Waals surface area contributed by atoms with Crippen LogP contribution in [-0.2, 0) is 11.3 Å². The van der Waals surface area contributed by atoms with Crippen molar-refractivity contribution in [3.05, 3.63) is 77.6 Å². The van der Waals surface area contributed by atoms with Crippen molar-refractivity contribution in [3.63, 3.8) is 0 Å². The number of carbonyl (C=O) groups is 2. The highest BCUT2D eigenvalue weighted by Gasteiger charge is 2.54. The van der Waals surface area contributed by atoms with Gasteiger partial charge in [0, 0.05) is 42.5 Å². The number of hydrogen-bond donors (Lipinski definition) is 1. The Labute approximate surface area is 202 Å². The average Bonchev–Trinajstić information content (AvgIpc) is 3.38. The molecule has 0 saturated heterocycles. The summed E-state index contributed by atoms with van der Waals surface area (Å²) in [6.07, 6.45) is 9.72. The molecular formula is C28H27N3O2S. The molecule has 0 radical (unpaired) electrons. The van der Waals surface area contributed by atoms with Gasteiger partial charge in [-0.1, -0.05) is 30.3 Å². The Morgan fingerprint density at radius 2 is 1.88 bits per heavy atom. The molecule has 0 unspecified atom stereocenters. The van der Waals surface area contributed by atoms with Crippen LogP contribution in [0.1, 0.15) is 48.5 Å². The zero-order valence-corrected chi connectivity index (χ0v) is 20.0. The normalized spacial score (nSPS) is 23.4. The van der Waals surface area contributed by atoms with E-state index in [0.29, 0.717) is 17.7 Å². The highest BCUT2D eigenvalue weighted by atomic mass is 32.1. The molecule has 34 heavy (non-hydrogen) atoms. The number of amides is 1. The monoisotopic (exact) mass is 469 g/mol. The highest BCUT2D eigenvalue weighted by Crippen LogP contribution is 2.58. The van der Waals surface area contributed by atoms with E-state index in [2.05, 4.69) is 57.5 Å². The first-order valence-electron chi connectivity index (χ1n) is 11.9. The number of rotatable bonds is 6. The van der Waals surface area contributed by atoms with E-state index in [9.17, 15) is 9.59 Å². The van der Waals surface area contributed by atoms with Gasteiger partial charge < -0.3 is 9.88 Å². The SMILES string of the molecule is CC(=O)C1CC2(CC(NC(=O)c3csc4ccn(Cc5ccc(-c6cccnc6)cc5)c34)C2)C1. The molecule has 4 aromatic rings. The third-order valence-electron chi connectivity index (χ3n) is 7.66. The van der Waals surface area contributed by atoms with E-state index in [1.165, 1.54) is 5.56 Å². The number of ketones is 1. The fraction of sp³-hybridized carbons (Fsp3) is 0.321. The zero-order valence-electron chi connectivity index (χ0n) is 19.2. The maximum absolute atomic E-state index is 13.1. The van der Waals surface area contributed by atoms with Crippen LogP contribution in [0.2, 0.25) is 0 Å². The molecule has 5 nitrogen and oxygen atoms in total. The third-order valence-corrected chi connectivity index (χ3v) is 8.60. The van der Waals surface area contributed by atoms with Crippen LogP contribution in [0.25, 0.3) is 21.3 Å². The Kier molecular flexibility index (Phi) is 5.14. The predicted octanol–water partition coefficient (Wildman–Crippen LogP) is 5.69. The van der Waals surface area contributed by atoms with E-state index in [0.717, 1.165) is 52.6 Å². The highest BCUT2D eigenvalue weighted by molar-refractivity contribution is 7.17. The minimum absolute atomic E-state index is 0.0143. The third kappa shape index (κ3) is 3.76. The van der Waals surface area contributed by atoms with Crippen molar-refractivity contribution in [2.45, 2.75) is 45.2 Å². The molecule has 0 atom stereocenters. The van der Waals surface area contributed by atoms with Crippen LogP contribution in [0.5, 0.6) is 0 Å². The molecule has 2 aliphatic rings.